The van der Waals surface area contributed by atoms with E-state index < -0.39 is 0 Å². The van der Waals surface area contributed by atoms with Gasteiger partial charge in [-0.3, -0.25) is 14.6 Å². The number of aliphatic hydroxyl groups is 1. The fraction of sp³-hybridized carbons (Fsp3) is 0.375. The Morgan fingerprint density at radius 3 is 2.50 bits per heavy atom. The summed E-state index contributed by atoms with van der Waals surface area (Å²) in [5, 5.41) is 13.2. The zero-order valence-corrected chi connectivity index (χ0v) is 19.8. The molecule has 0 aliphatic carbocycles. The van der Waals surface area contributed by atoms with Crippen LogP contribution < -0.4 is 5.32 Å². The highest BCUT2D eigenvalue weighted by molar-refractivity contribution is 6.05. The molecule has 0 saturated carbocycles. The van der Waals surface area contributed by atoms with E-state index in [0.717, 1.165) is 72.7 Å². The number of H-pyrrole nitrogens is 1. The van der Waals surface area contributed by atoms with Gasteiger partial charge in [-0.1, -0.05) is 18.2 Å². The Hall–Kier alpha value is -2.09. The third kappa shape index (κ3) is 4.65. The van der Waals surface area contributed by atoms with Gasteiger partial charge in [0.25, 0.3) is 5.91 Å². The van der Waals surface area contributed by atoms with E-state index in [4.69, 9.17) is 5.11 Å². The number of hydrogen-bond donors (Lipinski definition) is 3. The first-order valence-corrected chi connectivity index (χ1v) is 10.7. The van der Waals surface area contributed by atoms with E-state index in [0.29, 0.717) is 6.54 Å². The van der Waals surface area contributed by atoms with Crippen molar-refractivity contribution in [2.24, 2.45) is 0 Å². The molecule has 32 heavy (non-hydrogen) atoms. The maximum atomic E-state index is 12.4. The van der Waals surface area contributed by atoms with Gasteiger partial charge in [-0.25, -0.2) is 0 Å². The number of nitrogens with one attached hydrogen (secondary N) is 2. The maximum Gasteiger partial charge on any atom is 0.252 e. The molecule has 2 aliphatic rings. The van der Waals surface area contributed by atoms with Crippen LogP contribution in [0.15, 0.2) is 36.4 Å². The Kier molecular flexibility index (Phi) is 7.85. The second-order valence-electron chi connectivity index (χ2n) is 8.41. The molecule has 2 aliphatic heterocycles. The summed E-state index contributed by atoms with van der Waals surface area (Å²) in [5.41, 5.74) is 7.44. The molecule has 3 heterocycles. The number of piperazine rings is 1. The smallest absolute Gasteiger partial charge is 0.252 e. The summed E-state index contributed by atoms with van der Waals surface area (Å²) in [6.07, 6.45) is 0. The monoisotopic (exact) mass is 476 g/mol. The lowest BCUT2D eigenvalue weighted by Gasteiger charge is -2.34. The van der Waals surface area contributed by atoms with Crippen LogP contribution in [0, 0.1) is 6.92 Å². The van der Waals surface area contributed by atoms with Crippen LogP contribution in [0.3, 0.4) is 0 Å². The summed E-state index contributed by atoms with van der Waals surface area (Å²) < 4.78 is 0. The molecular weight excluding hydrogens is 447 g/mol. The van der Waals surface area contributed by atoms with Crippen molar-refractivity contribution >= 4 is 41.6 Å². The van der Waals surface area contributed by atoms with Crippen LogP contribution in [-0.4, -0.2) is 65.1 Å². The molecule has 1 fully saturated rings. The first-order valence-electron chi connectivity index (χ1n) is 10.7. The summed E-state index contributed by atoms with van der Waals surface area (Å²) in [6, 6.07) is 12.9. The van der Waals surface area contributed by atoms with Crippen LogP contribution in [-0.2, 0) is 13.1 Å². The molecule has 0 radical (unpaired) electrons. The summed E-state index contributed by atoms with van der Waals surface area (Å²) in [4.78, 5) is 20.7. The number of aryl methyl sites for hydroxylation is 1. The van der Waals surface area contributed by atoms with Crippen LogP contribution in [0.5, 0.6) is 0 Å². The second kappa shape index (κ2) is 10.2. The molecule has 5 rings (SSSR count). The molecule has 1 amide bonds. The average molecular weight is 477 g/mol. The number of aromatic amines is 1. The lowest BCUT2D eigenvalue weighted by Crippen LogP contribution is -2.46. The van der Waals surface area contributed by atoms with Crippen molar-refractivity contribution in [2.75, 3.05) is 39.3 Å². The Morgan fingerprint density at radius 2 is 1.75 bits per heavy atom. The molecule has 0 spiro atoms. The third-order valence-electron chi connectivity index (χ3n) is 6.46. The molecular formula is C24H30Cl2N4O2. The molecule has 3 N–H and O–H groups in total. The standard InChI is InChI=1S/C24H28N4O2.2ClH/c1-16-2-4-19(23-20(16)14-25-24(23)30)22-13-18-12-17(3-5-21(18)26-22)15-28-8-6-27(7-9-28)10-11-29;;/h2-5,12-13,26,29H,6-11,14-15H2,1H3,(H,25,30);2*1H. The number of benzene rings is 2. The van der Waals surface area contributed by atoms with Crippen molar-refractivity contribution in [2.45, 2.75) is 20.0 Å². The van der Waals surface area contributed by atoms with Crippen molar-refractivity contribution < 1.29 is 9.90 Å². The summed E-state index contributed by atoms with van der Waals surface area (Å²) >= 11 is 0. The minimum Gasteiger partial charge on any atom is -0.395 e. The van der Waals surface area contributed by atoms with Crippen molar-refractivity contribution in [3.63, 3.8) is 0 Å². The number of aliphatic hydroxyl groups excluding tert-OH is 1. The number of β-amino-alcohol motifs (C(OH)–C–C–N with tert-alkyl or cyclic N) is 1. The lowest BCUT2D eigenvalue weighted by atomic mass is 9.96. The predicted molar refractivity (Wildman–Crippen MR) is 133 cm³/mol. The van der Waals surface area contributed by atoms with Crippen molar-refractivity contribution in [1.82, 2.24) is 20.1 Å². The summed E-state index contributed by atoms with van der Waals surface area (Å²) in [6.45, 7) is 8.70. The number of amides is 1. The first-order chi connectivity index (χ1) is 14.6. The molecule has 0 unspecified atom stereocenters. The summed E-state index contributed by atoms with van der Waals surface area (Å²) in [5.74, 6) is 0.0170. The fourth-order valence-corrected chi connectivity index (χ4v) is 4.72. The van der Waals surface area contributed by atoms with Gasteiger partial charge >= 0.3 is 0 Å². The molecule has 172 valence electrons. The Labute approximate surface area is 200 Å². The zero-order chi connectivity index (χ0) is 20.7. The van der Waals surface area contributed by atoms with Gasteiger partial charge in [0.2, 0.25) is 0 Å². The summed E-state index contributed by atoms with van der Waals surface area (Å²) in [7, 11) is 0. The topological polar surface area (TPSA) is 71.6 Å². The Bertz CT molecular complexity index is 1110. The Balaban J connectivity index is 0.00000144. The largest absolute Gasteiger partial charge is 0.395 e. The number of aromatic nitrogens is 1. The number of carbonyl (C=O) groups is 1. The van der Waals surface area contributed by atoms with Gasteiger partial charge in [0.1, 0.15) is 0 Å². The molecule has 0 bridgehead atoms. The molecule has 1 aromatic heterocycles. The van der Waals surface area contributed by atoms with Gasteiger partial charge in [-0.05, 0) is 41.8 Å². The second-order valence-corrected chi connectivity index (χ2v) is 8.41. The van der Waals surface area contributed by atoms with Gasteiger partial charge < -0.3 is 15.4 Å². The van der Waals surface area contributed by atoms with Crippen LogP contribution in [0.2, 0.25) is 0 Å². The molecule has 8 heteroatoms. The predicted octanol–water partition coefficient (Wildman–Crippen LogP) is 3.34. The van der Waals surface area contributed by atoms with E-state index in [1.165, 1.54) is 10.9 Å². The van der Waals surface area contributed by atoms with Crippen LogP contribution in [0.25, 0.3) is 22.2 Å². The van der Waals surface area contributed by atoms with Gasteiger partial charge in [0.05, 0.1) is 12.2 Å². The molecule has 1 saturated heterocycles. The van der Waals surface area contributed by atoms with Crippen molar-refractivity contribution in [3.8, 4) is 11.3 Å². The maximum absolute atomic E-state index is 12.4. The highest BCUT2D eigenvalue weighted by atomic mass is 35.5. The van der Waals surface area contributed by atoms with Gasteiger partial charge in [-0.15, -0.1) is 24.8 Å². The van der Waals surface area contributed by atoms with Crippen molar-refractivity contribution in [1.29, 1.82) is 0 Å². The van der Waals surface area contributed by atoms with E-state index in [2.05, 4.69) is 63.4 Å². The van der Waals surface area contributed by atoms with E-state index >= 15 is 0 Å². The molecule has 0 atom stereocenters. The van der Waals surface area contributed by atoms with Gasteiger partial charge in [0, 0.05) is 68.0 Å². The number of hydrogen-bond acceptors (Lipinski definition) is 4. The number of nitrogens with zero attached hydrogens (tertiary/aromatic N) is 2. The Morgan fingerprint density at radius 1 is 1.00 bits per heavy atom. The highest BCUT2D eigenvalue weighted by Crippen LogP contribution is 2.33. The van der Waals surface area contributed by atoms with Crippen LogP contribution >= 0.6 is 24.8 Å². The SMILES string of the molecule is Cc1ccc(-c2cc3cc(CN4CCN(CCO)CC4)ccc3[nH]2)c2c1CNC2=O.Cl.Cl. The van der Waals surface area contributed by atoms with Crippen LogP contribution in [0.4, 0.5) is 0 Å². The minimum absolute atomic E-state index is 0. The zero-order valence-electron chi connectivity index (χ0n) is 18.2. The number of halogens is 2. The third-order valence-corrected chi connectivity index (χ3v) is 6.46. The normalized spacial score (nSPS) is 16.4. The number of fused-ring (bicyclic) bond motifs is 2. The van der Waals surface area contributed by atoms with E-state index in [9.17, 15) is 4.79 Å². The van der Waals surface area contributed by atoms with Gasteiger partial charge in [-0.2, -0.15) is 0 Å². The highest BCUT2D eigenvalue weighted by Gasteiger charge is 2.25. The molecule has 6 nitrogen and oxygen atoms in total. The van der Waals surface area contributed by atoms with Gasteiger partial charge in [0.15, 0.2) is 0 Å². The quantitative estimate of drug-likeness (QED) is 0.527. The first kappa shape index (κ1) is 24.6. The average Bonchev–Trinajstić information content (AvgIpc) is 3.34. The molecule has 3 aromatic rings. The van der Waals surface area contributed by atoms with Crippen LogP contribution in [0.1, 0.15) is 27.0 Å². The number of rotatable bonds is 5. The fourth-order valence-electron chi connectivity index (χ4n) is 4.72. The van der Waals surface area contributed by atoms with Crippen molar-refractivity contribution in [3.05, 3.63) is 58.7 Å². The molecule has 2 aromatic carbocycles. The van der Waals surface area contributed by atoms with E-state index in [1.54, 1.807) is 0 Å². The van der Waals surface area contributed by atoms with E-state index in [-0.39, 0.29) is 37.3 Å². The van der Waals surface area contributed by atoms with E-state index in [1.807, 2.05) is 0 Å². The minimum atomic E-state index is 0. The number of carbonyl (C=O) groups excluding carboxylic acids is 1. The lowest BCUT2D eigenvalue weighted by molar-refractivity contribution is 0.0966.